The first-order valence-electron chi connectivity index (χ1n) is 3.25. The zero-order chi connectivity index (χ0) is 8.20. The van der Waals surface area contributed by atoms with E-state index in [1.54, 1.807) is 13.8 Å². The predicted octanol–water partition coefficient (Wildman–Crippen LogP) is 0.343. The topological polar surface area (TPSA) is 103 Å². The van der Waals surface area contributed by atoms with Gasteiger partial charge in [-0.15, -0.1) is 0 Å². The molecule has 0 spiro atoms. The standard InChI is InChI=1S/C6H13NO3.HO/c1-3-6(7,4-2)5(8)10-9;/h9H,3-4,7H2,1-2H3;1H. The average molecular weight is 164 g/mol. The average Bonchev–Trinajstić information content (AvgIpc) is 2.01. The summed E-state index contributed by atoms with van der Waals surface area (Å²) in [5, 5.41) is 8.00. The second-order valence-electron chi connectivity index (χ2n) is 2.24. The van der Waals surface area contributed by atoms with E-state index in [2.05, 4.69) is 4.89 Å². The van der Waals surface area contributed by atoms with E-state index in [-0.39, 0.29) is 5.48 Å². The Kier molecular flexibility index (Phi) is 5.97. The third-order valence-electron chi connectivity index (χ3n) is 1.75. The van der Waals surface area contributed by atoms with E-state index in [1.807, 2.05) is 0 Å². The van der Waals surface area contributed by atoms with E-state index < -0.39 is 11.5 Å². The third-order valence-corrected chi connectivity index (χ3v) is 1.75. The van der Waals surface area contributed by atoms with Gasteiger partial charge in [0.05, 0.1) is 0 Å². The van der Waals surface area contributed by atoms with Gasteiger partial charge in [-0.2, -0.15) is 5.26 Å². The summed E-state index contributed by atoms with van der Waals surface area (Å²) < 4.78 is 0. The lowest BCUT2D eigenvalue weighted by molar-refractivity contribution is -0.240. The van der Waals surface area contributed by atoms with Gasteiger partial charge in [0.25, 0.3) is 0 Å². The van der Waals surface area contributed by atoms with Gasteiger partial charge in [-0.05, 0) is 12.8 Å². The molecule has 0 amide bonds. The number of carbonyl (C=O) groups is 1. The Hall–Kier alpha value is -0.650. The molecule has 0 heterocycles. The van der Waals surface area contributed by atoms with Gasteiger partial charge in [0.15, 0.2) is 0 Å². The maximum Gasteiger partial charge on any atom is 0.361 e. The highest BCUT2D eigenvalue weighted by atomic mass is 17.1. The molecule has 67 valence electrons. The van der Waals surface area contributed by atoms with Crippen LogP contribution in [0.25, 0.3) is 0 Å². The van der Waals surface area contributed by atoms with Gasteiger partial charge < -0.3 is 5.73 Å². The quantitative estimate of drug-likeness (QED) is 0.413. The fourth-order valence-electron chi connectivity index (χ4n) is 0.630. The summed E-state index contributed by atoms with van der Waals surface area (Å²) in [4.78, 5) is 14.2. The second-order valence-corrected chi connectivity index (χ2v) is 2.24. The van der Waals surface area contributed by atoms with Crippen LogP contribution in [0.15, 0.2) is 0 Å². The molecular formula is C6H14NO4. The van der Waals surface area contributed by atoms with Crippen molar-refractivity contribution in [1.29, 1.82) is 0 Å². The Morgan fingerprint density at radius 3 is 2.00 bits per heavy atom. The summed E-state index contributed by atoms with van der Waals surface area (Å²) in [5.74, 6) is -0.766. The number of rotatable bonds is 3. The van der Waals surface area contributed by atoms with Gasteiger partial charge in [0.1, 0.15) is 5.54 Å². The van der Waals surface area contributed by atoms with Crippen LogP contribution in [0.2, 0.25) is 0 Å². The molecule has 0 aromatic carbocycles. The normalized spacial score (nSPS) is 10.2. The number of nitrogens with two attached hydrogens (primary N) is 1. The van der Waals surface area contributed by atoms with Crippen molar-refractivity contribution in [3.8, 4) is 0 Å². The van der Waals surface area contributed by atoms with Crippen LogP contribution in [0.1, 0.15) is 26.7 Å². The minimum Gasteiger partial charge on any atom is -0.316 e. The summed E-state index contributed by atoms with van der Waals surface area (Å²) in [6.45, 7) is 3.53. The molecule has 0 saturated heterocycles. The first-order valence-corrected chi connectivity index (χ1v) is 3.25. The molecule has 0 unspecified atom stereocenters. The molecule has 5 nitrogen and oxygen atoms in total. The van der Waals surface area contributed by atoms with Crippen LogP contribution in [0.3, 0.4) is 0 Å². The van der Waals surface area contributed by atoms with E-state index >= 15 is 0 Å². The van der Waals surface area contributed by atoms with Gasteiger partial charge >= 0.3 is 5.97 Å². The second kappa shape index (κ2) is 5.06. The molecule has 1 radical (unpaired) electrons. The Labute approximate surface area is 65.4 Å². The molecule has 0 aromatic heterocycles. The van der Waals surface area contributed by atoms with E-state index in [0.717, 1.165) is 0 Å². The number of hydrogen-bond donors (Lipinski definition) is 3. The molecule has 0 aliphatic rings. The highest BCUT2D eigenvalue weighted by Gasteiger charge is 2.31. The minimum atomic E-state index is -1.02. The maximum absolute atomic E-state index is 10.7. The van der Waals surface area contributed by atoms with Crippen molar-refractivity contribution < 1.29 is 20.4 Å². The molecule has 4 N–H and O–H groups in total. The van der Waals surface area contributed by atoms with Crippen molar-refractivity contribution in [2.45, 2.75) is 32.2 Å². The van der Waals surface area contributed by atoms with Crippen LogP contribution >= 0.6 is 0 Å². The van der Waals surface area contributed by atoms with Gasteiger partial charge in [-0.3, -0.25) is 10.4 Å². The van der Waals surface area contributed by atoms with E-state index in [4.69, 9.17) is 11.0 Å². The molecule has 0 fully saturated rings. The summed E-state index contributed by atoms with van der Waals surface area (Å²) in [6.07, 6.45) is 0.922. The third kappa shape index (κ3) is 2.83. The number of carbonyl (C=O) groups excluding carboxylic acids is 1. The summed E-state index contributed by atoms with van der Waals surface area (Å²) in [6, 6.07) is 0. The highest BCUT2D eigenvalue weighted by molar-refractivity contribution is 5.79. The van der Waals surface area contributed by atoms with Gasteiger partial charge in [0.2, 0.25) is 0 Å². The molecule has 0 bridgehead atoms. The lowest BCUT2D eigenvalue weighted by Gasteiger charge is -2.20. The first kappa shape index (κ1) is 13.0. The summed E-state index contributed by atoms with van der Waals surface area (Å²) in [5.41, 5.74) is 4.50. The van der Waals surface area contributed by atoms with E-state index in [0.29, 0.717) is 12.8 Å². The van der Waals surface area contributed by atoms with Crippen LogP contribution in [-0.2, 0) is 9.68 Å². The summed E-state index contributed by atoms with van der Waals surface area (Å²) in [7, 11) is 0. The molecule has 0 rings (SSSR count). The monoisotopic (exact) mass is 164 g/mol. The molecule has 0 atom stereocenters. The lowest BCUT2D eigenvalue weighted by atomic mass is 9.95. The Bertz CT molecular complexity index is 122. The predicted molar refractivity (Wildman–Crippen MR) is 38.2 cm³/mol. The van der Waals surface area contributed by atoms with Crippen LogP contribution in [0, 0.1) is 0 Å². The molecule has 0 aromatic rings. The van der Waals surface area contributed by atoms with Crippen molar-refractivity contribution in [3.05, 3.63) is 0 Å². The van der Waals surface area contributed by atoms with Crippen molar-refractivity contribution >= 4 is 5.97 Å². The smallest absolute Gasteiger partial charge is 0.316 e. The van der Waals surface area contributed by atoms with Gasteiger partial charge in [0, 0.05) is 0 Å². The van der Waals surface area contributed by atoms with Gasteiger partial charge in [-0.25, -0.2) is 4.79 Å². The zero-order valence-electron chi connectivity index (χ0n) is 6.70. The van der Waals surface area contributed by atoms with Crippen LogP contribution in [-0.4, -0.2) is 22.2 Å². The van der Waals surface area contributed by atoms with E-state index in [1.165, 1.54) is 0 Å². The van der Waals surface area contributed by atoms with Gasteiger partial charge in [-0.1, -0.05) is 13.8 Å². The van der Waals surface area contributed by atoms with E-state index in [9.17, 15) is 4.79 Å². The number of hydrogen-bond acceptors (Lipinski definition) is 4. The lowest BCUT2D eigenvalue weighted by Crippen LogP contribution is -2.47. The van der Waals surface area contributed by atoms with Crippen molar-refractivity contribution in [2.75, 3.05) is 0 Å². The van der Waals surface area contributed by atoms with Crippen molar-refractivity contribution in [2.24, 2.45) is 5.73 Å². The largest absolute Gasteiger partial charge is 0.361 e. The minimum absolute atomic E-state index is 0. The SMILES string of the molecule is CCC(N)(CC)C(=O)OO.[OH]. The Balaban J connectivity index is 0. The van der Waals surface area contributed by atoms with Crippen LogP contribution in [0.5, 0.6) is 0 Å². The fourth-order valence-corrected chi connectivity index (χ4v) is 0.630. The van der Waals surface area contributed by atoms with Crippen LogP contribution in [0.4, 0.5) is 0 Å². The maximum atomic E-state index is 10.7. The Morgan fingerprint density at radius 2 is 1.91 bits per heavy atom. The molecule has 0 aliphatic carbocycles. The highest BCUT2D eigenvalue weighted by Crippen LogP contribution is 2.12. The fraction of sp³-hybridized carbons (Fsp3) is 0.833. The van der Waals surface area contributed by atoms with Crippen LogP contribution < -0.4 is 5.73 Å². The Morgan fingerprint density at radius 1 is 1.55 bits per heavy atom. The molecule has 11 heavy (non-hydrogen) atoms. The molecule has 5 heteroatoms. The van der Waals surface area contributed by atoms with Crippen molar-refractivity contribution in [3.63, 3.8) is 0 Å². The molecular weight excluding hydrogens is 150 g/mol. The molecule has 0 saturated carbocycles. The van der Waals surface area contributed by atoms with Crippen molar-refractivity contribution in [1.82, 2.24) is 0 Å². The summed E-state index contributed by atoms with van der Waals surface area (Å²) >= 11 is 0. The first-order chi connectivity index (χ1) is 4.60. The molecule has 0 aliphatic heterocycles. The zero-order valence-corrected chi connectivity index (χ0v) is 6.70.